The molecular formula is C21H19N5O2S. The smallest absolute Gasteiger partial charge is 0.235 e. The number of benzene rings is 1. The molecule has 1 aliphatic carbocycles. The number of thioether (sulfide) groups is 1. The number of aromatic nitrogens is 1. The van der Waals surface area contributed by atoms with E-state index in [1.54, 1.807) is 17.0 Å². The van der Waals surface area contributed by atoms with Crippen LogP contribution in [0, 0.1) is 22.7 Å². The lowest BCUT2D eigenvalue weighted by Crippen LogP contribution is -2.48. The van der Waals surface area contributed by atoms with E-state index >= 15 is 0 Å². The van der Waals surface area contributed by atoms with Gasteiger partial charge in [-0.15, -0.1) is 0 Å². The van der Waals surface area contributed by atoms with Crippen molar-refractivity contribution in [3.8, 4) is 12.1 Å². The van der Waals surface area contributed by atoms with Crippen LogP contribution in [0.25, 0.3) is 0 Å². The van der Waals surface area contributed by atoms with E-state index in [0.717, 1.165) is 30.2 Å². The van der Waals surface area contributed by atoms with Crippen molar-refractivity contribution in [2.45, 2.75) is 41.7 Å². The van der Waals surface area contributed by atoms with E-state index < -0.39 is 17.4 Å². The minimum atomic E-state index is -0.718. The van der Waals surface area contributed by atoms with E-state index in [1.165, 1.54) is 0 Å². The third kappa shape index (κ3) is 3.53. The van der Waals surface area contributed by atoms with Gasteiger partial charge in [-0.05, 0) is 29.9 Å². The average Bonchev–Trinajstić information content (AvgIpc) is 3.55. The van der Waals surface area contributed by atoms with Crippen molar-refractivity contribution in [1.82, 2.24) is 4.98 Å². The number of aliphatic hydroxyl groups is 1. The summed E-state index contributed by atoms with van der Waals surface area (Å²) in [5.74, 6) is -0.0248. The van der Waals surface area contributed by atoms with E-state index in [0.29, 0.717) is 40.5 Å². The van der Waals surface area contributed by atoms with Crippen LogP contribution in [0.4, 0.5) is 5.82 Å². The van der Waals surface area contributed by atoms with Crippen molar-refractivity contribution in [3.05, 3.63) is 52.6 Å². The van der Waals surface area contributed by atoms with Gasteiger partial charge in [-0.1, -0.05) is 42.1 Å². The van der Waals surface area contributed by atoms with Crippen molar-refractivity contribution in [2.24, 2.45) is 5.73 Å². The highest BCUT2D eigenvalue weighted by atomic mass is 32.2. The average molecular weight is 405 g/mol. The van der Waals surface area contributed by atoms with Gasteiger partial charge in [0.2, 0.25) is 5.91 Å². The van der Waals surface area contributed by atoms with Gasteiger partial charge in [0.05, 0.1) is 11.1 Å². The lowest BCUT2D eigenvalue weighted by Gasteiger charge is -2.39. The Morgan fingerprint density at radius 1 is 1.21 bits per heavy atom. The third-order valence-corrected chi connectivity index (χ3v) is 6.50. The van der Waals surface area contributed by atoms with Crippen LogP contribution in [-0.2, 0) is 4.79 Å². The topological polar surface area (TPSA) is 127 Å². The van der Waals surface area contributed by atoms with Crippen LogP contribution in [-0.4, -0.2) is 28.8 Å². The molecule has 146 valence electrons. The first-order chi connectivity index (χ1) is 14.0. The number of nitrogens with two attached hydrogens (primary N) is 1. The van der Waals surface area contributed by atoms with E-state index in [2.05, 4.69) is 17.1 Å². The number of primary amides is 1. The van der Waals surface area contributed by atoms with E-state index in [-0.39, 0.29) is 5.92 Å². The number of hydrogen-bond acceptors (Lipinski definition) is 7. The number of carbonyl (C=O) groups is 1. The molecule has 8 heteroatoms. The molecule has 2 unspecified atom stereocenters. The first-order valence-corrected chi connectivity index (χ1v) is 10.3. The van der Waals surface area contributed by atoms with Gasteiger partial charge >= 0.3 is 0 Å². The van der Waals surface area contributed by atoms with Gasteiger partial charge in [-0.25, -0.2) is 4.98 Å². The molecule has 2 aromatic rings. The fraction of sp³-hybridized carbons (Fsp3) is 0.333. The number of pyridine rings is 1. The zero-order valence-electron chi connectivity index (χ0n) is 15.6. The molecule has 0 bridgehead atoms. The molecule has 7 nitrogen and oxygen atoms in total. The molecule has 0 spiro atoms. The van der Waals surface area contributed by atoms with Gasteiger partial charge in [-0.2, -0.15) is 10.5 Å². The van der Waals surface area contributed by atoms with E-state index in [1.807, 2.05) is 18.2 Å². The van der Waals surface area contributed by atoms with Gasteiger partial charge < -0.3 is 15.7 Å². The van der Waals surface area contributed by atoms with Crippen LogP contribution >= 0.6 is 11.8 Å². The monoisotopic (exact) mass is 405 g/mol. The summed E-state index contributed by atoms with van der Waals surface area (Å²) in [4.78, 5) is 18.4. The Morgan fingerprint density at radius 3 is 2.38 bits per heavy atom. The molecule has 2 fully saturated rings. The summed E-state index contributed by atoms with van der Waals surface area (Å²) >= 11 is 1.12. The molecule has 1 aromatic carbocycles. The minimum absolute atomic E-state index is 0.127. The number of amides is 1. The second kappa shape index (κ2) is 7.75. The summed E-state index contributed by atoms with van der Waals surface area (Å²) in [6, 6.07) is 13.5. The quantitative estimate of drug-likeness (QED) is 0.707. The van der Waals surface area contributed by atoms with Crippen molar-refractivity contribution in [2.75, 3.05) is 11.4 Å². The molecule has 1 amide bonds. The Morgan fingerprint density at radius 2 is 1.90 bits per heavy atom. The number of carbonyl (C=O) groups excluding carboxylic acids is 1. The number of nitrogens with zero attached hydrogens (tertiary/aromatic N) is 4. The molecule has 1 aromatic heterocycles. The maximum absolute atomic E-state index is 12.2. The number of hydrogen-bond donors (Lipinski definition) is 2. The summed E-state index contributed by atoms with van der Waals surface area (Å²) in [7, 11) is 0. The zero-order valence-corrected chi connectivity index (χ0v) is 16.4. The standard InChI is InChI=1S/C21H19N5O2S/c22-10-14-17(12-6-7-12)15(11-23)21(25-20(14)26-9-8-16(26)27)29-18(19(24)28)13-4-2-1-3-5-13/h1-5,12,16,18,27H,6-9H2,(H2,24,28). The van der Waals surface area contributed by atoms with Crippen molar-refractivity contribution in [1.29, 1.82) is 10.5 Å². The highest BCUT2D eigenvalue weighted by Gasteiger charge is 2.37. The van der Waals surface area contributed by atoms with Crippen LogP contribution < -0.4 is 10.6 Å². The van der Waals surface area contributed by atoms with E-state index in [4.69, 9.17) is 5.73 Å². The van der Waals surface area contributed by atoms with Gasteiger partial charge in [0.15, 0.2) is 0 Å². The fourth-order valence-electron chi connectivity index (χ4n) is 3.51. The van der Waals surface area contributed by atoms with Crippen molar-refractivity contribution in [3.63, 3.8) is 0 Å². The predicted octanol–water partition coefficient (Wildman–Crippen LogP) is 2.55. The molecule has 1 saturated carbocycles. The third-order valence-electron chi connectivity index (χ3n) is 5.24. The first kappa shape index (κ1) is 19.3. The zero-order chi connectivity index (χ0) is 20.5. The molecule has 1 saturated heterocycles. The van der Waals surface area contributed by atoms with Crippen LogP contribution in [0.1, 0.15) is 52.7 Å². The summed E-state index contributed by atoms with van der Waals surface area (Å²) in [6.45, 7) is 0.584. The maximum Gasteiger partial charge on any atom is 0.235 e. The van der Waals surface area contributed by atoms with E-state index in [9.17, 15) is 20.4 Å². The predicted molar refractivity (Wildman–Crippen MR) is 108 cm³/mol. The molecule has 4 rings (SSSR count). The number of aliphatic hydroxyl groups excluding tert-OH is 1. The van der Waals surface area contributed by atoms with Gasteiger partial charge in [0.1, 0.15) is 34.5 Å². The molecule has 0 radical (unpaired) electrons. The van der Waals surface area contributed by atoms with Gasteiger partial charge in [-0.3, -0.25) is 4.79 Å². The first-order valence-electron chi connectivity index (χ1n) is 9.38. The SMILES string of the molecule is N#Cc1c(SC(C(N)=O)c2ccccc2)nc(N2CCC2O)c(C#N)c1C1CC1. The van der Waals surface area contributed by atoms with Crippen LogP contribution in [0.2, 0.25) is 0 Å². The molecule has 2 aliphatic rings. The molecule has 1 aliphatic heterocycles. The largest absolute Gasteiger partial charge is 0.373 e. The molecule has 2 atom stereocenters. The van der Waals surface area contributed by atoms with Crippen molar-refractivity contribution >= 4 is 23.5 Å². The summed E-state index contributed by atoms with van der Waals surface area (Å²) < 4.78 is 0. The van der Waals surface area contributed by atoms with Gasteiger partial charge in [0, 0.05) is 13.0 Å². The lowest BCUT2D eigenvalue weighted by atomic mass is 9.98. The summed E-state index contributed by atoms with van der Waals surface area (Å²) in [6.07, 6.45) is 1.70. The minimum Gasteiger partial charge on any atom is -0.373 e. The lowest BCUT2D eigenvalue weighted by molar-refractivity contribution is -0.117. The van der Waals surface area contributed by atoms with Crippen LogP contribution in [0.5, 0.6) is 0 Å². The van der Waals surface area contributed by atoms with Crippen LogP contribution in [0.15, 0.2) is 35.4 Å². The second-order valence-electron chi connectivity index (χ2n) is 7.18. The Balaban J connectivity index is 1.85. The Hall–Kier alpha value is -3.07. The Kier molecular flexibility index (Phi) is 5.14. The number of rotatable bonds is 6. The normalized spacial score (nSPS) is 19.0. The Labute approximate surface area is 172 Å². The number of anilines is 1. The molecular weight excluding hydrogens is 386 g/mol. The highest BCUT2D eigenvalue weighted by molar-refractivity contribution is 8.00. The molecule has 3 N–H and O–H groups in total. The molecule has 29 heavy (non-hydrogen) atoms. The van der Waals surface area contributed by atoms with Gasteiger partial charge in [0.25, 0.3) is 0 Å². The van der Waals surface area contributed by atoms with Crippen molar-refractivity contribution < 1.29 is 9.90 Å². The second-order valence-corrected chi connectivity index (χ2v) is 8.27. The molecule has 2 heterocycles. The number of nitriles is 2. The maximum atomic E-state index is 12.2. The Bertz CT molecular complexity index is 1040. The fourth-order valence-corrected chi connectivity index (χ4v) is 4.56. The summed E-state index contributed by atoms with van der Waals surface area (Å²) in [5.41, 5.74) is 7.74. The highest BCUT2D eigenvalue weighted by Crippen LogP contribution is 2.48. The van der Waals surface area contributed by atoms with Crippen LogP contribution in [0.3, 0.4) is 0 Å². The summed E-state index contributed by atoms with van der Waals surface area (Å²) in [5, 5.41) is 29.5.